The van der Waals surface area contributed by atoms with Gasteiger partial charge in [-0.15, -0.1) is 0 Å². The van der Waals surface area contributed by atoms with E-state index in [4.69, 9.17) is 25.7 Å². The summed E-state index contributed by atoms with van der Waals surface area (Å²) < 4.78 is 19.1. The Bertz CT molecular complexity index is 1670. The lowest BCUT2D eigenvalue weighted by Crippen LogP contribution is -2.42. The summed E-state index contributed by atoms with van der Waals surface area (Å²) in [6.45, 7) is 6.33. The molecule has 5 rings (SSSR count). The van der Waals surface area contributed by atoms with Crippen LogP contribution in [0.1, 0.15) is 31.9 Å². The molecule has 2 atom stereocenters. The lowest BCUT2D eigenvalue weighted by atomic mass is 9.75. The number of hydrogen-bond donors (Lipinski definition) is 3. The average molecular weight is 543 g/mol. The van der Waals surface area contributed by atoms with Crippen LogP contribution in [0.2, 0.25) is 0 Å². The van der Waals surface area contributed by atoms with Gasteiger partial charge in [0.1, 0.15) is 17.4 Å². The molecule has 0 fully saturated rings. The largest absolute Gasteiger partial charge is 0.495 e. The molecular weight excluding hydrogens is 512 g/mol. The third-order valence-electron chi connectivity index (χ3n) is 6.67. The Morgan fingerprint density at radius 1 is 0.900 bits per heavy atom. The lowest BCUT2D eigenvalue weighted by Gasteiger charge is -2.42. The van der Waals surface area contributed by atoms with E-state index in [9.17, 15) is 9.90 Å². The van der Waals surface area contributed by atoms with Gasteiger partial charge >= 0.3 is 5.97 Å². The molecule has 1 aliphatic carbocycles. The van der Waals surface area contributed by atoms with E-state index in [0.29, 0.717) is 44.6 Å². The van der Waals surface area contributed by atoms with E-state index in [0.717, 1.165) is 5.39 Å². The maximum absolute atomic E-state index is 12.8. The van der Waals surface area contributed by atoms with Crippen LogP contribution in [-0.4, -0.2) is 50.8 Å². The molecule has 2 heterocycles. The minimum Gasteiger partial charge on any atom is -0.495 e. The van der Waals surface area contributed by atoms with Gasteiger partial charge in [0.15, 0.2) is 0 Å². The van der Waals surface area contributed by atoms with Gasteiger partial charge in [-0.2, -0.15) is 0 Å². The number of hydrogen-bond acceptors (Lipinski definition) is 10. The first-order valence-electron chi connectivity index (χ1n) is 13.0. The number of nitrogens with zero attached hydrogens (tertiary/aromatic N) is 4. The van der Waals surface area contributed by atoms with Crippen LogP contribution in [-0.2, 0) is 24.6 Å². The van der Waals surface area contributed by atoms with E-state index in [2.05, 4.69) is 19.9 Å². The van der Waals surface area contributed by atoms with Gasteiger partial charge in [-0.25, -0.2) is 19.9 Å². The number of fused-ring (bicyclic) bond motifs is 2. The van der Waals surface area contributed by atoms with E-state index in [-0.39, 0.29) is 31.7 Å². The first-order valence-corrected chi connectivity index (χ1v) is 13.0. The Morgan fingerprint density at radius 2 is 1.52 bits per heavy atom. The van der Waals surface area contributed by atoms with Crippen LogP contribution in [0.3, 0.4) is 0 Å². The molecule has 0 radical (unpaired) electrons. The molecule has 0 spiro atoms. The monoisotopic (exact) mass is 542 g/mol. The molecule has 0 bridgehead atoms. The van der Waals surface area contributed by atoms with Gasteiger partial charge in [0.25, 0.3) is 0 Å². The molecule has 2 unspecified atom stereocenters. The second kappa shape index (κ2) is 10.8. The van der Waals surface area contributed by atoms with Gasteiger partial charge in [-0.1, -0.05) is 12.1 Å². The quantitative estimate of drug-likeness (QED) is 0.279. The van der Waals surface area contributed by atoms with Crippen molar-refractivity contribution in [1.82, 2.24) is 19.9 Å². The molecule has 11 nitrogen and oxygen atoms in total. The number of rotatable bonds is 9. The third-order valence-corrected chi connectivity index (χ3v) is 6.67. The second-order valence-electron chi connectivity index (χ2n) is 9.07. The highest BCUT2D eigenvalue weighted by Gasteiger charge is 2.51. The molecule has 2 aromatic carbocycles. The van der Waals surface area contributed by atoms with Crippen LogP contribution < -0.4 is 11.5 Å². The highest BCUT2D eigenvalue weighted by molar-refractivity contribution is 5.95. The zero-order valence-electron chi connectivity index (χ0n) is 22.4. The number of anilines is 2. The molecule has 0 amide bonds. The van der Waals surface area contributed by atoms with Crippen molar-refractivity contribution in [2.45, 2.75) is 26.4 Å². The Balaban J connectivity index is 1.86. The minimum absolute atomic E-state index is 0.150. The number of nitrogen functional groups attached to an aromatic ring is 2. The molecule has 4 aromatic rings. The fourth-order valence-corrected chi connectivity index (χ4v) is 5.12. The topological polar surface area (TPSA) is 169 Å². The zero-order chi connectivity index (χ0) is 28.4. The van der Waals surface area contributed by atoms with Crippen LogP contribution >= 0.6 is 0 Å². The van der Waals surface area contributed by atoms with Gasteiger partial charge < -0.3 is 30.8 Å². The normalized spacial score (nSPS) is 19.1. The van der Waals surface area contributed by atoms with Gasteiger partial charge in [-0.05, 0) is 62.2 Å². The van der Waals surface area contributed by atoms with Crippen LogP contribution in [0.25, 0.3) is 27.4 Å². The first-order chi connectivity index (χ1) is 19.3. The second-order valence-corrected chi connectivity index (χ2v) is 9.07. The SMILES string of the molecule is CCOC1=CC(C(=O)O)C(c2ccc3nc(N)ncc3c2)=C(OCC)C1(OCC)c1ccc2nc(N)ncc2c1. The Hall–Kier alpha value is -4.77. The molecule has 11 heteroatoms. The predicted octanol–water partition coefficient (Wildman–Crippen LogP) is 4.05. The summed E-state index contributed by atoms with van der Waals surface area (Å²) in [5.74, 6) is -1.20. The van der Waals surface area contributed by atoms with Crippen molar-refractivity contribution >= 4 is 45.2 Å². The molecule has 206 valence electrons. The van der Waals surface area contributed by atoms with Crippen LogP contribution in [0.15, 0.2) is 66.4 Å². The molecule has 0 saturated carbocycles. The molecule has 0 aliphatic heterocycles. The lowest BCUT2D eigenvalue weighted by molar-refractivity contribution is -0.139. The zero-order valence-corrected chi connectivity index (χ0v) is 22.4. The molecule has 5 N–H and O–H groups in total. The Kier molecular flexibility index (Phi) is 7.22. The number of carbonyl (C=O) groups is 1. The third kappa shape index (κ3) is 4.54. The summed E-state index contributed by atoms with van der Waals surface area (Å²) in [6.07, 6.45) is 4.83. The summed E-state index contributed by atoms with van der Waals surface area (Å²) in [5.41, 5.74) is 13.2. The van der Waals surface area contributed by atoms with Crippen LogP contribution in [0.4, 0.5) is 11.9 Å². The van der Waals surface area contributed by atoms with E-state index in [1.54, 1.807) is 30.6 Å². The van der Waals surface area contributed by atoms with Gasteiger partial charge in [-0.3, -0.25) is 4.79 Å². The molecular formula is C29H30N6O5. The standard InChI is InChI=1S/C29H30N6O5/c1-4-38-23-13-20(26(36)37)24(16-7-9-21-17(11-16)14-32-27(30)34-21)25(39-5-2)29(23,40-6-3)19-8-10-22-18(12-19)15-33-28(31)35-22/h7-15,20H,4-6H2,1-3H3,(H,36,37)(H2,30,32,34)(H2,31,33,35). The van der Waals surface area contributed by atoms with Crippen molar-refractivity contribution in [3.63, 3.8) is 0 Å². The summed E-state index contributed by atoms with van der Waals surface area (Å²) in [6, 6.07) is 11.0. The maximum Gasteiger partial charge on any atom is 0.315 e. The van der Waals surface area contributed by atoms with Crippen molar-refractivity contribution in [2.75, 3.05) is 31.3 Å². The van der Waals surface area contributed by atoms with Crippen molar-refractivity contribution in [3.05, 3.63) is 77.5 Å². The summed E-state index contributed by atoms with van der Waals surface area (Å²) >= 11 is 0. The maximum atomic E-state index is 12.8. The van der Waals surface area contributed by atoms with Crippen molar-refractivity contribution in [3.8, 4) is 0 Å². The van der Waals surface area contributed by atoms with Crippen LogP contribution in [0, 0.1) is 5.92 Å². The smallest absolute Gasteiger partial charge is 0.315 e. The fourth-order valence-electron chi connectivity index (χ4n) is 5.12. The average Bonchev–Trinajstić information content (AvgIpc) is 2.94. The number of ether oxygens (including phenoxy) is 3. The number of benzene rings is 2. The number of nitrogens with two attached hydrogens (primary N) is 2. The molecule has 0 saturated heterocycles. The summed E-state index contributed by atoms with van der Waals surface area (Å²) in [4.78, 5) is 29.6. The Morgan fingerprint density at radius 3 is 2.12 bits per heavy atom. The number of carboxylic acids is 1. The Labute approximate surface area is 230 Å². The van der Waals surface area contributed by atoms with E-state index in [1.807, 2.05) is 45.0 Å². The van der Waals surface area contributed by atoms with Crippen molar-refractivity contribution in [1.29, 1.82) is 0 Å². The number of carboxylic acid groups (broad SMARTS) is 1. The summed E-state index contributed by atoms with van der Waals surface area (Å²) in [7, 11) is 0. The van der Waals surface area contributed by atoms with E-state index < -0.39 is 17.5 Å². The van der Waals surface area contributed by atoms with Crippen LogP contribution in [0.5, 0.6) is 0 Å². The highest BCUT2D eigenvalue weighted by atomic mass is 16.6. The van der Waals surface area contributed by atoms with Gasteiger partial charge in [0.05, 0.1) is 24.2 Å². The minimum atomic E-state index is -1.40. The van der Waals surface area contributed by atoms with Gasteiger partial charge in [0.2, 0.25) is 17.5 Å². The van der Waals surface area contributed by atoms with Crippen molar-refractivity contribution < 1.29 is 24.1 Å². The highest BCUT2D eigenvalue weighted by Crippen LogP contribution is 2.51. The first kappa shape index (κ1) is 26.8. The summed E-state index contributed by atoms with van der Waals surface area (Å²) in [5, 5.41) is 11.8. The van der Waals surface area contributed by atoms with E-state index >= 15 is 0 Å². The molecule has 2 aromatic heterocycles. The molecule has 40 heavy (non-hydrogen) atoms. The van der Waals surface area contributed by atoms with E-state index in [1.165, 1.54) is 0 Å². The fraction of sp³-hybridized carbons (Fsp3) is 0.276. The predicted molar refractivity (Wildman–Crippen MR) is 151 cm³/mol. The van der Waals surface area contributed by atoms with Crippen molar-refractivity contribution in [2.24, 2.45) is 5.92 Å². The molecule has 1 aliphatic rings. The number of aliphatic carboxylic acids is 1. The number of aromatic nitrogens is 4. The van der Waals surface area contributed by atoms with Gasteiger partial charge in [0, 0.05) is 35.3 Å².